The van der Waals surface area contributed by atoms with Gasteiger partial charge in [0.05, 0.1) is 5.60 Å². The number of nitrogens with two attached hydrogens (primary N) is 1. The zero-order valence-corrected chi connectivity index (χ0v) is 10.3. The molecule has 1 fully saturated rings. The molecule has 0 bridgehead atoms. The second kappa shape index (κ2) is 3.82. The Morgan fingerprint density at radius 1 is 1.36 bits per heavy atom. The molecule has 2 heteroatoms. The first kappa shape index (κ1) is 12.0. The van der Waals surface area contributed by atoms with Crippen LogP contribution in [-0.4, -0.2) is 17.7 Å². The van der Waals surface area contributed by atoms with Gasteiger partial charge in [0, 0.05) is 12.1 Å². The van der Waals surface area contributed by atoms with Gasteiger partial charge < -0.3 is 10.5 Å². The third kappa shape index (κ3) is 1.70. The minimum Gasteiger partial charge on any atom is -0.374 e. The lowest BCUT2D eigenvalue weighted by atomic mass is 9.68. The summed E-state index contributed by atoms with van der Waals surface area (Å²) >= 11 is 0. The molecule has 2 N–H and O–H groups in total. The molecule has 3 atom stereocenters. The van der Waals surface area contributed by atoms with Gasteiger partial charge >= 0.3 is 0 Å². The highest BCUT2D eigenvalue weighted by Crippen LogP contribution is 2.42. The molecule has 2 nitrogen and oxygen atoms in total. The molecular formula is C12H25NO. The van der Waals surface area contributed by atoms with E-state index in [1.165, 1.54) is 6.42 Å². The van der Waals surface area contributed by atoms with Crippen molar-refractivity contribution in [3.05, 3.63) is 0 Å². The number of hydrogen-bond acceptors (Lipinski definition) is 2. The number of hydrogen-bond donors (Lipinski definition) is 1. The molecule has 14 heavy (non-hydrogen) atoms. The monoisotopic (exact) mass is 199 g/mol. The molecular weight excluding hydrogens is 174 g/mol. The second-order valence-electron chi connectivity index (χ2n) is 5.32. The van der Waals surface area contributed by atoms with Crippen molar-refractivity contribution in [2.24, 2.45) is 17.6 Å². The largest absolute Gasteiger partial charge is 0.374 e. The predicted molar refractivity (Wildman–Crippen MR) is 60.2 cm³/mol. The first-order chi connectivity index (χ1) is 6.35. The summed E-state index contributed by atoms with van der Waals surface area (Å²) in [5.74, 6) is 1.19. The minimum atomic E-state index is -0.171. The van der Waals surface area contributed by atoms with Crippen LogP contribution in [0.25, 0.3) is 0 Å². The highest BCUT2D eigenvalue weighted by Gasteiger charge is 2.51. The molecule has 0 aromatic rings. The van der Waals surface area contributed by atoms with Crippen molar-refractivity contribution in [3.8, 4) is 0 Å². The van der Waals surface area contributed by atoms with Crippen molar-refractivity contribution >= 4 is 0 Å². The Hall–Kier alpha value is -0.0800. The molecule has 0 aliphatic carbocycles. The van der Waals surface area contributed by atoms with E-state index in [1.807, 2.05) is 0 Å². The lowest BCUT2D eigenvalue weighted by Crippen LogP contribution is -2.59. The average molecular weight is 199 g/mol. The standard InChI is InChI=1S/C12H25NO/c1-6-9(2)10(3)12(13)7-8-14-11(12,4)5/h9-10H,6-8,13H2,1-5H3. The highest BCUT2D eigenvalue weighted by atomic mass is 16.5. The molecule has 1 saturated heterocycles. The van der Waals surface area contributed by atoms with Gasteiger partial charge in [-0.3, -0.25) is 0 Å². The summed E-state index contributed by atoms with van der Waals surface area (Å²) < 4.78 is 5.75. The van der Waals surface area contributed by atoms with Crippen LogP contribution in [0, 0.1) is 11.8 Å². The molecule has 0 amide bonds. The zero-order chi connectivity index (χ0) is 11.0. The summed E-state index contributed by atoms with van der Waals surface area (Å²) in [7, 11) is 0. The van der Waals surface area contributed by atoms with Crippen LogP contribution in [0.1, 0.15) is 47.5 Å². The van der Waals surface area contributed by atoms with Gasteiger partial charge in [-0.1, -0.05) is 27.2 Å². The summed E-state index contributed by atoms with van der Waals surface area (Å²) in [5, 5.41) is 0. The summed E-state index contributed by atoms with van der Waals surface area (Å²) in [6.45, 7) is 11.8. The van der Waals surface area contributed by atoms with E-state index in [1.54, 1.807) is 0 Å². The van der Waals surface area contributed by atoms with Gasteiger partial charge in [0.25, 0.3) is 0 Å². The summed E-state index contributed by atoms with van der Waals surface area (Å²) in [6.07, 6.45) is 2.18. The molecule has 0 spiro atoms. The van der Waals surface area contributed by atoms with Crippen molar-refractivity contribution in [1.82, 2.24) is 0 Å². The van der Waals surface area contributed by atoms with Crippen molar-refractivity contribution in [2.45, 2.75) is 58.6 Å². The lowest BCUT2D eigenvalue weighted by molar-refractivity contribution is -0.0235. The Morgan fingerprint density at radius 2 is 1.93 bits per heavy atom. The molecule has 84 valence electrons. The molecule has 0 radical (unpaired) electrons. The quantitative estimate of drug-likeness (QED) is 0.758. The van der Waals surface area contributed by atoms with E-state index in [9.17, 15) is 0 Å². The number of rotatable bonds is 3. The van der Waals surface area contributed by atoms with Crippen LogP contribution in [-0.2, 0) is 4.74 Å². The third-order valence-electron chi connectivity index (χ3n) is 4.41. The van der Waals surface area contributed by atoms with Crippen molar-refractivity contribution < 1.29 is 4.74 Å². The average Bonchev–Trinajstić information content (AvgIpc) is 2.40. The van der Waals surface area contributed by atoms with Crippen LogP contribution in [0.2, 0.25) is 0 Å². The van der Waals surface area contributed by atoms with Gasteiger partial charge in [-0.2, -0.15) is 0 Å². The van der Waals surface area contributed by atoms with Crippen LogP contribution >= 0.6 is 0 Å². The minimum absolute atomic E-state index is 0.150. The maximum atomic E-state index is 6.53. The van der Waals surface area contributed by atoms with E-state index in [0.29, 0.717) is 11.8 Å². The zero-order valence-electron chi connectivity index (χ0n) is 10.3. The summed E-state index contributed by atoms with van der Waals surface area (Å²) in [6, 6.07) is 0. The van der Waals surface area contributed by atoms with Gasteiger partial charge in [-0.25, -0.2) is 0 Å². The van der Waals surface area contributed by atoms with Gasteiger partial charge in [0.15, 0.2) is 0 Å². The maximum absolute atomic E-state index is 6.53. The Balaban J connectivity index is 2.83. The smallest absolute Gasteiger partial charge is 0.0808 e. The predicted octanol–water partition coefficient (Wildman–Crippen LogP) is 2.57. The van der Waals surface area contributed by atoms with Crippen LogP contribution in [0.15, 0.2) is 0 Å². The van der Waals surface area contributed by atoms with Gasteiger partial charge in [-0.05, 0) is 32.1 Å². The molecule has 1 rings (SSSR count). The fourth-order valence-corrected chi connectivity index (χ4v) is 2.55. The summed E-state index contributed by atoms with van der Waals surface area (Å²) in [5.41, 5.74) is 6.21. The Labute approximate surface area is 88.2 Å². The van der Waals surface area contributed by atoms with Gasteiger partial charge in [0.2, 0.25) is 0 Å². The van der Waals surface area contributed by atoms with Crippen LogP contribution in [0.5, 0.6) is 0 Å². The van der Waals surface area contributed by atoms with E-state index >= 15 is 0 Å². The third-order valence-corrected chi connectivity index (χ3v) is 4.41. The van der Waals surface area contributed by atoms with Gasteiger partial charge in [-0.15, -0.1) is 0 Å². The molecule has 3 unspecified atom stereocenters. The molecule has 1 aliphatic heterocycles. The van der Waals surface area contributed by atoms with Crippen LogP contribution in [0.4, 0.5) is 0 Å². The van der Waals surface area contributed by atoms with Crippen molar-refractivity contribution in [3.63, 3.8) is 0 Å². The van der Waals surface area contributed by atoms with E-state index in [4.69, 9.17) is 10.5 Å². The summed E-state index contributed by atoms with van der Waals surface area (Å²) in [4.78, 5) is 0. The molecule has 0 saturated carbocycles. The van der Waals surface area contributed by atoms with E-state index in [2.05, 4.69) is 34.6 Å². The lowest BCUT2D eigenvalue weighted by Gasteiger charge is -2.43. The van der Waals surface area contributed by atoms with E-state index in [-0.39, 0.29) is 11.1 Å². The molecule has 0 aromatic carbocycles. The Kier molecular flexibility index (Phi) is 3.27. The van der Waals surface area contributed by atoms with Crippen molar-refractivity contribution in [1.29, 1.82) is 0 Å². The maximum Gasteiger partial charge on any atom is 0.0808 e. The van der Waals surface area contributed by atoms with Crippen LogP contribution in [0.3, 0.4) is 0 Å². The molecule has 0 aromatic heterocycles. The first-order valence-electron chi connectivity index (χ1n) is 5.78. The first-order valence-corrected chi connectivity index (χ1v) is 5.78. The Morgan fingerprint density at radius 3 is 2.29 bits per heavy atom. The topological polar surface area (TPSA) is 35.2 Å². The molecule has 1 aliphatic rings. The highest BCUT2D eigenvalue weighted by molar-refractivity contribution is 5.07. The fourth-order valence-electron chi connectivity index (χ4n) is 2.55. The van der Waals surface area contributed by atoms with Crippen molar-refractivity contribution in [2.75, 3.05) is 6.61 Å². The Bertz CT molecular complexity index is 202. The number of ether oxygens (including phenoxy) is 1. The molecule has 1 heterocycles. The fraction of sp³-hybridized carbons (Fsp3) is 1.00. The van der Waals surface area contributed by atoms with E-state index in [0.717, 1.165) is 13.0 Å². The normalized spacial score (nSPS) is 35.6. The van der Waals surface area contributed by atoms with Gasteiger partial charge in [0.1, 0.15) is 0 Å². The van der Waals surface area contributed by atoms with E-state index < -0.39 is 0 Å². The SMILES string of the molecule is CCC(C)C(C)C1(N)CCOC1(C)C. The van der Waals surface area contributed by atoms with Crippen LogP contribution < -0.4 is 5.73 Å². The second-order valence-corrected chi connectivity index (χ2v) is 5.32.